The van der Waals surface area contributed by atoms with Crippen LogP contribution in [-0.4, -0.2) is 11.8 Å². The highest BCUT2D eigenvalue weighted by atomic mass is 35.5. The van der Waals surface area contributed by atoms with Gasteiger partial charge in [-0.25, -0.2) is 0 Å². The number of carbonyl (C=O) groups is 2. The van der Waals surface area contributed by atoms with Gasteiger partial charge in [0, 0.05) is 10.6 Å². The molecule has 0 amide bonds. The highest BCUT2D eigenvalue weighted by Gasteiger charge is 2.10. The number of carboxylic acid groups (broad SMARTS) is 1. The molecule has 68 valence electrons. The summed E-state index contributed by atoms with van der Waals surface area (Å²) in [5.41, 5.74) is 0.533. The number of carbonyl (C=O) groups excluding carboxylic acids is 2. The predicted molar refractivity (Wildman–Crippen MR) is 45.5 cm³/mol. The molecule has 0 unspecified atom stereocenters. The molecule has 1 rings (SSSR count). The van der Waals surface area contributed by atoms with E-state index in [1.165, 1.54) is 12.1 Å². The fourth-order valence-corrected chi connectivity index (χ4v) is 1.14. The SMILES string of the molecule is Cc1c(Cl)cccc1C(=O)C(=O)[O-]. The first-order valence-corrected chi connectivity index (χ1v) is 3.92. The van der Waals surface area contributed by atoms with Crippen molar-refractivity contribution in [3.05, 3.63) is 34.3 Å². The third kappa shape index (κ3) is 1.87. The van der Waals surface area contributed by atoms with Crippen LogP contribution >= 0.6 is 11.6 Å². The number of Topliss-reactive ketones (excluding diaryl/α,β-unsaturated/α-hetero) is 1. The number of halogens is 1. The van der Waals surface area contributed by atoms with Gasteiger partial charge < -0.3 is 9.90 Å². The Kier molecular flexibility index (Phi) is 2.68. The Morgan fingerprint density at radius 1 is 1.38 bits per heavy atom. The van der Waals surface area contributed by atoms with Gasteiger partial charge in [-0.05, 0) is 18.6 Å². The summed E-state index contributed by atoms with van der Waals surface area (Å²) in [6.07, 6.45) is 0. The van der Waals surface area contributed by atoms with E-state index in [0.717, 1.165) is 0 Å². The Labute approximate surface area is 79.9 Å². The molecule has 1 aromatic carbocycles. The quantitative estimate of drug-likeness (QED) is 0.515. The van der Waals surface area contributed by atoms with Gasteiger partial charge in [-0.3, -0.25) is 4.79 Å². The Balaban J connectivity index is 3.23. The van der Waals surface area contributed by atoms with Crippen LogP contribution in [0.25, 0.3) is 0 Å². The first kappa shape index (κ1) is 9.74. The van der Waals surface area contributed by atoms with Gasteiger partial charge in [0.25, 0.3) is 0 Å². The summed E-state index contributed by atoms with van der Waals surface area (Å²) in [4.78, 5) is 21.3. The van der Waals surface area contributed by atoms with Gasteiger partial charge in [0.2, 0.25) is 5.78 Å². The lowest BCUT2D eigenvalue weighted by atomic mass is 10.1. The molecule has 13 heavy (non-hydrogen) atoms. The number of aliphatic carboxylic acids is 1. The van der Waals surface area contributed by atoms with E-state index in [2.05, 4.69) is 0 Å². The Morgan fingerprint density at radius 2 is 2.00 bits per heavy atom. The smallest absolute Gasteiger partial charge is 0.208 e. The minimum absolute atomic E-state index is 0.0764. The molecule has 3 nitrogen and oxygen atoms in total. The first-order valence-electron chi connectivity index (χ1n) is 3.55. The Bertz CT molecular complexity index is 371. The maximum Gasteiger partial charge on any atom is 0.208 e. The molecule has 4 heteroatoms. The van der Waals surface area contributed by atoms with Crippen molar-refractivity contribution in [3.63, 3.8) is 0 Å². The van der Waals surface area contributed by atoms with E-state index in [-0.39, 0.29) is 5.56 Å². The maximum atomic E-state index is 11.0. The molecule has 0 saturated carbocycles. The number of rotatable bonds is 2. The Hall–Kier alpha value is -1.35. The molecule has 0 spiro atoms. The minimum Gasteiger partial charge on any atom is -0.541 e. The molecule has 0 saturated heterocycles. The van der Waals surface area contributed by atoms with E-state index in [0.29, 0.717) is 10.6 Å². The van der Waals surface area contributed by atoms with Crippen LogP contribution < -0.4 is 5.11 Å². The van der Waals surface area contributed by atoms with Crippen molar-refractivity contribution >= 4 is 23.4 Å². The lowest BCUT2D eigenvalue weighted by molar-refractivity contribution is -0.296. The zero-order chi connectivity index (χ0) is 10.0. The molecule has 0 N–H and O–H groups in total. The summed E-state index contributed by atoms with van der Waals surface area (Å²) in [5.74, 6) is -2.76. The van der Waals surface area contributed by atoms with E-state index < -0.39 is 11.8 Å². The summed E-state index contributed by atoms with van der Waals surface area (Å²) >= 11 is 5.70. The highest BCUT2D eigenvalue weighted by Crippen LogP contribution is 2.18. The summed E-state index contributed by atoms with van der Waals surface area (Å²) in [6.45, 7) is 1.58. The van der Waals surface area contributed by atoms with Crippen LogP contribution in [0.5, 0.6) is 0 Å². The largest absolute Gasteiger partial charge is 0.541 e. The summed E-state index contributed by atoms with van der Waals surface area (Å²) in [6, 6.07) is 4.51. The van der Waals surface area contributed by atoms with E-state index in [1.807, 2.05) is 0 Å². The molecule has 0 aliphatic heterocycles. The van der Waals surface area contributed by atoms with Crippen LogP contribution in [0.15, 0.2) is 18.2 Å². The minimum atomic E-state index is -1.72. The summed E-state index contributed by atoms with van der Waals surface area (Å²) in [5, 5.41) is 10.6. The summed E-state index contributed by atoms with van der Waals surface area (Å²) < 4.78 is 0. The van der Waals surface area contributed by atoms with Gasteiger partial charge in [-0.2, -0.15) is 0 Å². The lowest BCUT2D eigenvalue weighted by Crippen LogP contribution is -2.32. The van der Waals surface area contributed by atoms with Crippen LogP contribution in [-0.2, 0) is 4.79 Å². The maximum absolute atomic E-state index is 11.0. The molecule has 0 aliphatic rings. The van der Waals surface area contributed by atoms with Crippen molar-refractivity contribution in [2.45, 2.75) is 6.92 Å². The molecule has 0 bridgehead atoms. The molecule has 0 heterocycles. The monoisotopic (exact) mass is 197 g/mol. The van der Waals surface area contributed by atoms with Gasteiger partial charge in [0.1, 0.15) is 5.97 Å². The van der Waals surface area contributed by atoms with Crippen molar-refractivity contribution in [1.82, 2.24) is 0 Å². The molecule has 0 aliphatic carbocycles. The number of hydrogen-bond donors (Lipinski definition) is 0. The number of ketones is 1. The van der Waals surface area contributed by atoms with Crippen molar-refractivity contribution in [2.75, 3.05) is 0 Å². The van der Waals surface area contributed by atoms with Crippen molar-refractivity contribution in [1.29, 1.82) is 0 Å². The second-order valence-electron chi connectivity index (χ2n) is 2.53. The van der Waals surface area contributed by atoms with Gasteiger partial charge in [-0.15, -0.1) is 0 Å². The topological polar surface area (TPSA) is 57.2 Å². The average molecular weight is 198 g/mol. The van der Waals surface area contributed by atoms with Crippen molar-refractivity contribution in [3.8, 4) is 0 Å². The normalized spacial score (nSPS) is 9.69. The fraction of sp³-hybridized carbons (Fsp3) is 0.111. The van der Waals surface area contributed by atoms with Crippen molar-refractivity contribution in [2.24, 2.45) is 0 Å². The fourth-order valence-electron chi connectivity index (χ4n) is 0.963. The van der Waals surface area contributed by atoms with Gasteiger partial charge in [0.05, 0.1) is 0 Å². The molecule has 0 aromatic heterocycles. The van der Waals surface area contributed by atoms with Gasteiger partial charge in [-0.1, -0.05) is 23.7 Å². The molecular weight excluding hydrogens is 192 g/mol. The lowest BCUT2D eigenvalue weighted by Gasteiger charge is -2.06. The second-order valence-corrected chi connectivity index (χ2v) is 2.94. The number of hydrogen-bond acceptors (Lipinski definition) is 3. The molecular formula is C9H6ClO3-. The van der Waals surface area contributed by atoms with E-state index in [9.17, 15) is 14.7 Å². The van der Waals surface area contributed by atoms with Gasteiger partial charge >= 0.3 is 0 Å². The second kappa shape index (κ2) is 3.58. The first-order chi connectivity index (χ1) is 6.04. The molecule has 1 aromatic rings. The van der Waals surface area contributed by atoms with E-state index in [1.54, 1.807) is 13.0 Å². The van der Waals surface area contributed by atoms with Crippen LogP contribution in [0.4, 0.5) is 0 Å². The third-order valence-corrected chi connectivity index (χ3v) is 2.11. The molecule has 0 radical (unpaired) electrons. The zero-order valence-electron chi connectivity index (χ0n) is 6.83. The summed E-state index contributed by atoms with van der Waals surface area (Å²) in [7, 11) is 0. The van der Waals surface area contributed by atoms with Gasteiger partial charge in [0.15, 0.2) is 0 Å². The highest BCUT2D eigenvalue weighted by molar-refractivity contribution is 6.40. The average Bonchev–Trinajstić information content (AvgIpc) is 2.08. The predicted octanol–water partition coefficient (Wildman–Crippen LogP) is 0.581. The van der Waals surface area contributed by atoms with E-state index >= 15 is 0 Å². The standard InChI is InChI=1S/C9H7ClO3/c1-5-6(8(11)9(12)13)3-2-4-7(5)10/h2-4H,1H3,(H,12,13)/p-1. The molecule has 0 fully saturated rings. The number of carboxylic acids is 1. The van der Waals surface area contributed by atoms with Crippen molar-refractivity contribution < 1.29 is 14.7 Å². The Morgan fingerprint density at radius 3 is 2.54 bits per heavy atom. The van der Waals surface area contributed by atoms with Crippen LogP contribution in [0.3, 0.4) is 0 Å². The van der Waals surface area contributed by atoms with Crippen LogP contribution in [0, 0.1) is 6.92 Å². The van der Waals surface area contributed by atoms with E-state index in [4.69, 9.17) is 11.6 Å². The van der Waals surface area contributed by atoms with Crippen LogP contribution in [0.1, 0.15) is 15.9 Å². The molecule has 0 atom stereocenters. The number of benzene rings is 1. The van der Waals surface area contributed by atoms with Crippen LogP contribution in [0.2, 0.25) is 5.02 Å². The zero-order valence-corrected chi connectivity index (χ0v) is 7.59. The third-order valence-electron chi connectivity index (χ3n) is 1.70.